The fraction of sp³-hybridized carbons (Fsp3) is 0.533. The second kappa shape index (κ2) is 6.06. The van der Waals surface area contributed by atoms with Gasteiger partial charge in [-0.15, -0.1) is 0 Å². The zero-order valence-electron chi connectivity index (χ0n) is 11.8. The van der Waals surface area contributed by atoms with Crippen LogP contribution in [0.5, 0.6) is 5.75 Å². The number of nitrogens with zero attached hydrogens (tertiary/aromatic N) is 1. The number of benzene rings is 1. The van der Waals surface area contributed by atoms with E-state index in [-0.39, 0.29) is 18.1 Å². The Kier molecular flexibility index (Phi) is 4.43. The molecule has 0 aliphatic carbocycles. The maximum Gasteiger partial charge on any atom is 0.244 e. The molecule has 2 rings (SSSR count). The Morgan fingerprint density at radius 2 is 2.00 bits per heavy atom. The molecule has 0 bridgehead atoms. The lowest BCUT2D eigenvalue weighted by Crippen LogP contribution is -2.49. The monoisotopic (exact) mass is 262 g/mol. The largest absolute Gasteiger partial charge is 0.491 e. The van der Waals surface area contributed by atoms with Crippen molar-refractivity contribution in [3.8, 4) is 5.75 Å². The Balaban J connectivity index is 2.11. The number of anilines is 1. The number of ether oxygens (including phenoxy) is 1. The Morgan fingerprint density at radius 1 is 1.32 bits per heavy atom. The standard InChI is InChI=1S/C15H22N2O2/c1-11(2)19-13-8-6-12(7-9-13)17-10-4-5-14(16-3)15(17)18/h6-9,11,14,16H,4-5,10H2,1-3H3. The lowest BCUT2D eigenvalue weighted by atomic mass is 10.0. The van der Waals surface area contributed by atoms with Crippen LogP contribution in [-0.2, 0) is 4.79 Å². The zero-order chi connectivity index (χ0) is 13.8. The molecule has 1 unspecified atom stereocenters. The van der Waals surface area contributed by atoms with E-state index < -0.39 is 0 Å². The van der Waals surface area contributed by atoms with E-state index in [1.54, 1.807) is 0 Å². The summed E-state index contributed by atoms with van der Waals surface area (Å²) in [5, 5.41) is 3.07. The number of piperidine rings is 1. The number of carbonyl (C=O) groups is 1. The van der Waals surface area contributed by atoms with Crippen LogP contribution in [0, 0.1) is 0 Å². The van der Waals surface area contributed by atoms with Crippen molar-refractivity contribution >= 4 is 11.6 Å². The minimum absolute atomic E-state index is 0.0552. The Morgan fingerprint density at radius 3 is 2.58 bits per heavy atom. The first-order valence-corrected chi connectivity index (χ1v) is 6.87. The van der Waals surface area contributed by atoms with Crippen LogP contribution < -0.4 is 15.0 Å². The lowest BCUT2D eigenvalue weighted by molar-refractivity contribution is -0.121. The zero-order valence-corrected chi connectivity index (χ0v) is 11.8. The van der Waals surface area contributed by atoms with Crippen LogP contribution >= 0.6 is 0 Å². The van der Waals surface area contributed by atoms with E-state index in [1.807, 2.05) is 50.1 Å². The van der Waals surface area contributed by atoms with Gasteiger partial charge in [0.15, 0.2) is 0 Å². The highest BCUT2D eigenvalue weighted by molar-refractivity contribution is 5.97. The molecule has 104 valence electrons. The molecular formula is C15H22N2O2. The van der Waals surface area contributed by atoms with E-state index in [4.69, 9.17) is 4.74 Å². The number of nitrogens with one attached hydrogen (secondary N) is 1. The summed E-state index contributed by atoms with van der Waals surface area (Å²) >= 11 is 0. The molecule has 0 aromatic heterocycles. The molecule has 0 radical (unpaired) electrons. The molecule has 0 spiro atoms. The van der Waals surface area contributed by atoms with Crippen molar-refractivity contribution in [3.63, 3.8) is 0 Å². The maximum atomic E-state index is 12.3. The SMILES string of the molecule is CNC1CCCN(c2ccc(OC(C)C)cc2)C1=O. The van der Waals surface area contributed by atoms with E-state index in [9.17, 15) is 4.79 Å². The van der Waals surface area contributed by atoms with Gasteiger partial charge >= 0.3 is 0 Å². The molecule has 1 fully saturated rings. The van der Waals surface area contributed by atoms with Gasteiger partial charge in [0.05, 0.1) is 12.1 Å². The molecule has 1 aromatic carbocycles. The summed E-state index contributed by atoms with van der Waals surface area (Å²) in [7, 11) is 1.84. The number of rotatable bonds is 4. The summed E-state index contributed by atoms with van der Waals surface area (Å²) in [6.45, 7) is 4.79. The second-order valence-corrected chi connectivity index (χ2v) is 5.13. The smallest absolute Gasteiger partial charge is 0.244 e. The van der Waals surface area contributed by atoms with Crippen LogP contribution in [0.4, 0.5) is 5.69 Å². The van der Waals surface area contributed by atoms with E-state index in [2.05, 4.69) is 5.32 Å². The fourth-order valence-electron chi connectivity index (χ4n) is 2.38. The van der Waals surface area contributed by atoms with E-state index >= 15 is 0 Å². The van der Waals surface area contributed by atoms with Crippen molar-refractivity contribution in [2.45, 2.75) is 38.8 Å². The van der Waals surface area contributed by atoms with E-state index in [0.717, 1.165) is 30.8 Å². The minimum Gasteiger partial charge on any atom is -0.491 e. The summed E-state index contributed by atoms with van der Waals surface area (Å²) < 4.78 is 5.61. The third-order valence-corrected chi connectivity index (χ3v) is 3.31. The van der Waals surface area contributed by atoms with Crippen LogP contribution in [0.3, 0.4) is 0 Å². The lowest BCUT2D eigenvalue weighted by Gasteiger charge is -2.32. The van der Waals surface area contributed by atoms with E-state index in [1.165, 1.54) is 0 Å². The van der Waals surface area contributed by atoms with Gasteiger partial charge in [0, 0.05) is 12.2 Å². The molecule has 1 atom stereocenters. The summed E-state index contributed by atoms with van der Waals surface area (Å²) in [4.78, 5) is 14.1. The van der Waals surface area contributed by atoms with Gasteiger partial charge in [0.1, 0.15) is 5.75 Å². The third-order valence-electron chi connectivity index (χ3n) is 3.31. The van der Waals surface area contributed by atoms with Gasteiger partial charge in [-0.25, -0.2) is 0 Å². The van der Waals surface area contributed by atoms with Gasteiger partial charge in [-0.05, 0) is 58.0 Å². The highest BCUT2D eigenvalue weighted by Gasteiger charge is 2.28. The molecule has 4 nitrogen and oxygen atoms in total. The average molecular weight is 262 g/mol. The van der Waals surface area contributed by atoms with Crippen molar-refractivity contribution in [3.05, 3.63) is 24.3 Å². The van der Waals surface area contributed by atoms with Crippen molar-refractivity contribution in [2.75, 3.05) is 18.5 Å². The topological polar surface area (TPSA) is 41.6 Å². The first kappa shape index (κ1) is 13.9. The third kappa shape index (κ3) is 3.26. The van der Waals surface area contributed by atoms with Gasteiger partial charge in [0.25, 0.3) is 0 Å². The van der Waals surface area contributed by atoms with Crippen LogP contribution in [0.25, 0.3) is 0 Å². The highest BCUT2D eigenvalue weighted by atomic mass is 16.5. The first-order chi connectivity index (χ1) is 9.11. The molecular weight excluding hydrogens is 240 g/mol. The molecule has 1 saturated heterocycles. The molecule has 1 aliphatic heterocycles. The summed E-state index contributed by atoms with van der Waals surface area (Å²) in [6, 6.07) is 7.69. The Labute approximate surface area is 114 Å². The van der Waals surface area contributed by atoms with Gasteiger partial charge in [-0.3, -0.25) is 4.79 Å². The van der Waals surface area contributed by atoms with Crippen molar-refractivity contribution in [1.82, 2.24) is 5.32 Å². The van der Waals surface area contributed by atoms with Crippen LogP contribution in [0.1, 0.15) is 26.7 Å². The predicted molar refractivity (Wildman–Crippen MR) is 76.6 cm³/mol. The van der Waals surface area contributed by atoms with Crippen molar-refractivity contribution < 1.29 is 9.53 Å². The van der Waals surface area contributed by atoms with Gasteiger partial charge in [-0.2, -0.15) is 0 Å². The van der Waals surface area contributed by atoms with E-state index in [0.29, 0.717) is 0 Å². The Hall–Kier alpha value is -1.55. The summed E-state index contributed by atoms with van der Waals surface area (Å²) in [6.07, 6.45) is 2.11. The number of carbonyl (C=O) groups excluding carboxylic acids is 1. The van der Waals surface area contributed by atoms with Crippen LogP contribution in [-0.4, -0.2) is 31.6 Å². The molecule has 19 heavy (non-hydrogen) atoms. The molecule has 1 aliphatic rings. The number of hydrogen-bond acceptors (Lipinski definition) is 3. The fourth-order valence-corrected chi connectivity index (χ4v) is 2.38. The minimum atomic E-state index is -0.0552. The number of hydrogen-bond donors (Lipinski definition) is 1. The predicted octanol–water partition coefficient (Wildman–Crippen LogP) is 2.19. The Bertz CT molecular complexity index is 428. The van der Waals surface area contributed by atoms with Crippen LogP contribution in [0.2, 0.25) is 0 Å². The number of likely N-dealkylation sites (N-methyl/N-ethyl adjacent to an activating group) is 1. The molecule has 4 heteroatoms. The molecule has 0 saturated carbocycles. The normalized spacial score (nSPS) is 19.9. The number of amides is 1. The second-order valence-electron chi connectivity index (χ2n) is 5.13. The van der Waals surface area contributed by atoms with Crippen molar-refractivity contribution in [1.29, 1.82) is 0 Å². The molecule has 1 heterocycles. The van der Waals surface area contributed by atoms with Gasteiger partial charge < -0.3 is 15.0 Å². The van der Waals surface area contributed by atoms with Gasteiger partial charge in [-0.1, -0.05) is 0 Å². The van der Waals surface area contributed by atoms with Gasteiger partial charge in [0.2, 0.25) is 5.91 Å². The molecule has 1 N–H and O–H groups in total. The first-order valence-electron chi connectivity index (χ1n) is 6.87. The summed E-state index contributed by atoms with van der Waals surface area (Å²) in [5.41, 5.74) is 0.945. The highest BCUT2D eigenvalue weighted by Crippen LogP contribution is 2.24. The van der Waals surface area contributed by atoms with Crippen molar-refractivity contribution in [2.24, 2.45) is 0 Å². The average Bonchev–Trinajstić information content (AvgIpc) is 2.39. The molecule has 1 aromatic rings. The quantitative estimate of drug-likeness (QED) is 0.904. The maximum absolute atomic E-state index is 12.3. The molecule has 1 amide bonds. The van der Waals surface area contributed by atoms with Crippen LogP contribution in [0.15, 0.2) is 24.3 Å². The summed E-state index contributed by atoms with van der Waals surface area (Å²) in [5.74, 6) is 1.000.